The number of rotatable bonds is 1. The standard InChI is InChI=1S/C19H18N2/c1-13-20-12-15-11-18(14-7-3-2-4-8-14)16-9-5-6-10-17(16)19(15)21-13/h3,5-10,12,18H,2,4,11H2,1H3. The Morgan fingerprint density at radius 3 is 2.90 bits per heavy atom. The van der Waals surface area contributed by atoms with E-state index in [2.05, 4.69) is 52.5 Å². The second-order valence-corrected chi connectivity index (χ2v) is 5.82. The van der Waals surface area contributed by atoms with Gasteiger partial charge >= 0.3 is 0 Å². The lowest BCUT2D eigenvalue weighted by Gasteiger charge is -2.28. The van der Waals surface area contributed by atoms with Gasteiger partial charge in [0, 0.05) is 17.7 Å². The Bertz CT molecular complexity index is 756. The fourth-order valence-electron chi connectivity index (χ4n) is 3.41. The molecule has 2 aliphatic carbocycles. The van der Waals surface area contributed by atoms with Gasteiger partial charge in [0.25, 0.3) is 0 Å². The number of benzene rings is 1. The van der Waals surface area contributed by atoms with Gasteiger partial charge in [-0.15, -0.1) is 0 Å². The third-order valence-corrected chi connectivity index (χ3v) is 4.43. The van der Waals surface area contributed by atoms with E-state index in [1.165, 1.54) is 22.3 Å². The maximum atomic E-state index is 4.69. The minimum absolute atomic E-state index is 0.441. The van der Waals surface area contributed by atoms with Crippen LogP contribution in [0, 0.1) is 6.92 Å². The first-order valence-corrected chi connectivity index (χ1v) is 7.61. The minimum atomic E-state index is 0.441. The monoisotopic (exact) mass is 274 g/mol. The lowest BCUT2D eigenvalue weighted by molar-refractivity contribution is 0.764. The fourth-order valence-corrected chi connectivity index (χ4v) is 3.41. The van der Waals surface area contributed by atoms with E-state index in [4.69, 9.17) is 0 Å². The molecule has 0 saturated carbocycles. The average Bonchev–Trinajstić information content (AvgIpc) is 2.55. The normalized spacial score (nSPS) is 19.7. The largest absolute Gasteiger partial charge is 0.241 e. The lowest BCUT2D eigenvalue weighted by Crippen LogP contribution is -2.15. The smallest absolute Gasteiger partial charge is 0.125 e. The first-order valence-electron chi connectivity index (χ1n) is 7.61. The minimum Gasteiger partial charge on any atom is -0.241 e. The molecule has 0 spiro atoms. The van der Waals surface area contributed by atoms with Crippen LogP contribution < -0.4 is 0 Å². The van der Waals surface area contributed by atoms with Gasteiger partial charge in [-0.1, -0.05) is 42.5 Å². The number of nitrogens with zero attached hydrogens (tertiary/aromatic N) is 2. The maximum absolute atomic E-state index is 4.69. The van der Waals surface area contributed by atoms with Gasteiger partial charge in [-0.3, -0.25) is 0 Å². The molecule has 1 aromatic carbocycles. The molecule has 0 bridgehead atoms. The van der Waals surface area contributed by atoms with Crippen LogP contribution in [0.15, 0.2) is 54.3 Å². The number of hydrogen-bond acceptors (Lipinski definition) is 2. The number of aryl methyl sites for hydroxylation is 1. The molecule has 21 heavy (non-hydrogen) atoms. The summed E-state index contributed by atoms with van der Waals surface area (Å²) in [6.45, 7) is 1.96. The molecule has 1 atom stereocenters. The van der Waals surface area contributed by atoms with Crippen molar-refractivity contribution in [3.63, 3.8) is 0 Å². The number of fused-ring (bicyclic) bond motifs is 3. The molecule has 0 amide bonds. The summed E-state index contributed by atoms with van der Waals surface area (Å²) in [5.74, 6) is 1.29. The van der Waals surface area contributed by atoms with Crippen molar-refractivity contribution < 1.29 is 0 Å². The van der Waals surface area contributed by atoms with Gasteiger partial charge in [-0.05, 0) is 42.9 Å². The van der Waals surface area contributed by atoms with Crippen LogP contribution in [0.4, 0.5) is 0 Å². The molecule has 1 unspecified atom stereocenters. The zero-order chi connectivity index (χ0) is 14.2. The summed E-state index contributed by atoms with van der Waals surface area (Å²) in [6.07, 6.45) is 12.3. The van der Waals surface area contributed by atoms with Gasteiger partial charge in [0.15, 0.2) is 0 Å². The van der Waals surface area contributed by atoms with Crippen molar-refractivity contribution in [1.29, 1.82) is 0 Å². The van der Waals surface area contributed by atoms with Crippen molar-refractivity contribution >= 4 is 0 Å². The number of hydrogen-bond donors (Lipinski definition) is 0. The van der Waals surface area contributed by atoms with E-state index in [9.17, 15) is 0 Å². The van der Waals surface area contributed by atoms with Gasteiger partial charge in [-0.25, -0.2) is 9.97 Å². The third kappa shape index (κ3) is 2.11. The Morgan fingerprint density at radius 1 is 1.14 bits per heavy atom. The van der Waals surface area contributed by atoms with Crippen molar-refractivity contribution in [3.05, 3.63) is 71.2 Å². The Kier molecular flexibility index (Phi) is 2.95. The zero-order valence-corrected chi connectivity index (χ0v) is 12.2. The van der Waals surface area contributed by atoms with E-state index in [-0.39, 0.29) is 0 Å². The molecular formula is C19H18N2. The molecule has 104 valence electrons. The molecule has 0 saturated heterocycles. The van der Waals surface area contributed by atoms with Gasteiger partial charge in [-0.2, -0.15) is 0 Å². The Hall–Kier alpha value is -2.22. The highest BCUT2D eigenvalue weighted by molar-refractivity contribution is 5.71. The number of aromatic nitrogens is 2. The molecule has 1 heterocycles. The van der Waals surface area contributed by atoms with E-state index >= 15 is 0 Å². The van der Waals surface area contributed by atoms with Crippen LogP contribution >= 0.6 is 0 Å². The highest BCUT2D eigenvalue weighted by atomic mass is 14.9. The highest BCUT2D eigenvalue weighted by Crippen LogP contribution is 2.42. The van der Waals surface area contributed by atoms with Crippen LogP contribution in [0.2, 0.25) is 0 Å². The molecule has 0 aliphatic heterocycles. The first-order chi connectivity index (χ1) is 10.3. The van der Waals surface area contributed by atoms with Crippen molar-refractivity contribution in [3.8, 4) is 11.3 Å². The summed E-state index contributed by atoms with van der Waals surface area (Å²) in [4.78, 5) is 9.08. The molecule has 0 fully saturated rings. The predicted octanol–water partition coefficient (Wildman–Crippen LogP) is 4.37. The first kappa shape index (κ1) is 12.5. The van der Waals surface area contributed by atoms with Gasteiger partial charge in [0.05, 0.1) is 5.69 Å². The lowest BCUT2D eigenvalue weighted by atomic mass is 9.76. The van der Waals surface area contributed by atoms with Gasteiger partial charge in [0.1, 0.15) is 5.82 Å². The van der Waals surface area contributed by atoms with Gasteiger partial charge < -0.3 is 0 Å². The molecule has 0 radical (unpaired) electrons. The zero-order valence-electron chi connectivity index (χ0n) is 12.2. The van der Waals surface area contributed by atoms with E-state index in [1.54, 1.807) is 0 Å². The maximum Gasteiger partial charge on any atom is 0.125 e. The van der Waals surface area contributed by atoms with Crippen LogP contribution in [0.1, 0.15) is 35.7 Å². The Morgan fingerprint density at radius 2 is 2.05 bits per heavy atom. The molecule has 1 aromatic heterocycles. The van der Waals surface area contributed by atoms with Crippen LogP contribution in [0.5, 0.6) is 0 Å². The molecule has 4 rings (SSSR count). The molecular weight excluding hydrogens is 256 g/mol. The van der Waals surface area contributed by atoms with E-state index < -0.39 is 0 Å². The second-order valence-electron chi connectivity index (χ2n) is 5.82. The van der Waals surface area contributed by atoms with Gasteiger partial charge in [0.2, 0.25) is 0 Å². The highest BCUT2D eigenvalue weighted by Gasteiger charge is 2.27. The molecule has 2 heteroatoms. The van der Waals surface area contributed by atoms with Crippen LogP contribution in [-0.4, -0.2) is 9.97 Å². The average molecular weight is 274 g/mol. The SMILES string of the molecule is Cc1ncc2c(n1)-c1ccccc1C(C1=CCCC=C1)C2. The summed E-state index contributed by atoms with van der Waals surface area (Å²) in [7, 11) is 0. The quantitative estimate of drug-likeness (QED) is 0.771. The summed E-state index contributed by atoms with van der Waals surface area (Å²) < 4.78 is 0. The summed E-state index contributed by atoms with van der Waals surface area (Å²) in [6, 6.07) is 8.69. The summed E-state index contributed by atoms with van der Waals surface area (Å²) in [5.41, 5.74) is 6.51. The van der Waals surface area contributed by atoms with E-state index in [0.29, 0.717) is 5.92 Å². The summed E-state index contributed by atoms with van der Waals surface area (Å²) >= 11 is 0. The third-order valence-electron chi connectivity index (χ3n) is 4.43. The topological polar surface area (TPSA) is 25.8 Å². The van der Waals surface area contributed by atoms with Crippen molar-refractivity contribution in [2.24, 2.45) is 0 Å². The second kappa shape index (κ2) is 4.96. The van der Waals surface area contributed by atoms with Crippen molar-refractivity contribution in [1.82, 2.24) is 9.97 Å². The van der Waals surface area contributed by atoms with Crippen molar-refractivity contribution in [2.45, 2.75) is 32.1 Å². The molecule has 0 N–H and O–H groups in total. The molecule has 2 aromatic rings. The van der Waals surface area contributed by atoms with E-state index in [1.807, 2.05) is 13.1 Å². The Balaban J connectivity index is 1.89. The predicted molar refractivity (Wildman–Crippen MR) is 85.1 cm³/mol. The van der Waals surface area contributed by atoms with E-state index in [0.717, 1.165) is 30.8 Å². The van der Waals surface area contributed by atoms with Crippen LogP contribution in [-0.2, 0) is 6.42 Å². The van der Waals surface area contributed by atoms with Crippen LogP contribution in [0.25, 0.3) is 11.3 Å². The number of allylic oxidation sites excluding steroid dienone is 4. The summed E-state index contributed by atoms with van der Waals surface area (Å²) in [5, 5.41) is 0. The molecule has 2 nitrogen and oxygen atoms in total. The Labute approximate surface area is 125 Å². The van der Waals surface area contributed by atoms with Crippen molar-refractivity contribution in [2.75, 3.05) is 0 Å². The van der Waals surface area contributed by atoms with Crippen LogP contribution in [0.3, 0.4) is 0 Å². The molecule has 2 aliphatic rings. The fraction of sp³-hybridized carbons (Fsp3) is 0.263.